The molecule has 0 saturated heterocycles. The number of hydrogen-bond donors (Lipinski definition) is 0. The second kappa shape index (κ2) is 12.1. The molecule has 5 rings (SSSR count). The van der Waals surface area contributed by atoms with Gasteiger partial charge in [-0.15, -0.1) is 22.7 Å². The first-order chi connectivity index (χ1) is 19.0. The van der Waals surface area contributed by atoms with E-state index in [4.69, 9.17) is 0 Å². The highest BCUT2D eigenvalue weighted by Crippen LogP contribution is 2.47. The van der Waals surface area contributed by atoms with Gasteiger partial charge < -0.3 is 9.80 Å². The zero-order valence-corrected chi connectivity index (χ0v) is 26.1. The van der Waals surface area contributed by atoms with Crippen LogP contribution in [0.15, 0.2) is 60.7 Å². The summed E-state index contributed by atoms with van der Waals surface area (Å²) < 4.78 is 0. The Kier molecular flexibility index (Phi) is 8.64. The van der Waals surface area contributed by atoms with E-state index in [1.165, 1.54) is 72.4 Å². The summed E-state index contributed by atoms with van der Waals surface area (Å²) in [4.78, 5) is 10.4. The first kappa shape index (κ1) is 27.7. The fraction of sp³-hybridized carbons (Fsp3) is 0.371. The summed E-state index contributed by atoms with van der Waals surface area (Å²) in [6, 6.07) is 23.2. The van der Waals surface area contributed by atoms with Gasteiger partial charge in [0.1, 0.15) is 0 Å². The van der Waals surface area contributed by atoms with Crippen LogP contribution in [0.5, 0.6) is 0 Å². The lowest BCUT2D eigenvalue weighted by Gasteiger charge is -2.21. The van der Waals surface area contributed by atoms with Gasteiger partial charge >= 0.3 is 0 Å². The van der Waals surface area contributed by atoms with Crippen molar-refractivity contribution in [3.8, 4) is 20.9 Å². The standard InChI is InChI=1S/C35H42N2S2/c1-7-36(8-2)28-18-14-26(15-19-28)34-22-32(24(5)38-34)30-12-11-13-31(30)33-23-35(39-25(33)6)27-16-20-29(21-17-27)37(9-3)10-4/h14-23H,7-13H2,1-6H3. The van der Waals surface area contributed by atoms with Crippen LogP contribution in [0.25, 0.3) is 32.0 Å². The topological polar surface area (TPSA) is 6.48 Å². The van der Waals surface area contributed by atoms with Gasteiger partial charge in [0.05, 0.1) is 0 Å². The number of nitrogens with zero attached hydrogens (tertiary/aromatic N) is 2. The number of aryl methyl sites for hydroxylation is 2. The smallest absolute Gasteiger partial charge is 0.0366 e. The number of anilines is 2. The molecule has 2 aromatic heterocycles. The Morgan fingerprint density at radius 3 is 1.26 bits per heavy atom. The van der Waals surface area contributed by atoms with Crippen LogP contribution in [0.2, 0.25) is 0 Å². The summed E-state index contributed by atoms with van der Waals surface area (Å²) in [6.45, 7) is 17.7. The maximum Gasteiger partial charge on any atom is 0.0366 e. The van der Waals surface area contributed by atoms with Crippen molar-refractivity contribution >= 4 is 45.2 Å². The van der Waals surface area contributed by atoms with Crippen molar-refractivity contribution in [1.29, 1.82) is 0 Å². The van der Waals surface area contributed by atoms with E-state index in [1.54, 1.807) is 11.1 Å². The maximum absolute atomic E-state index is 2.46. The zero-order valence-electron chi connectivity index (χ0n) is 24.4. The van der Waals surface area contributed by atoms with E-state index in [0.717, 1.165) is 26.2 Å². The predicted octanol–water partition coefficient (Wildman–Crippen LogP) is 10.5. The third-order valence-corrected chi connectivity index (χ3v) is 10.5. The fourth-order valence-electron chi connectivity index (χ4n) is 6.04. The van der Waals surface area contributed by atoms with Crippen LogP contribution in [0.1, 0.15) is 67.8 Å². The average Bonchev–Trinajstić information content (AvgIpc) is 3.69. The van der Waals surface area contributed by atoms with Crippen LogP contribution in [-0.2, 0) is 0 Å². The van der Waals surface area contributed by atoms with Gasteiger partial charge in [0.25, 0.3) is 0 Å². The number of thiophene rings is 2. The molecule has 39 heavy (non-hydrogen) atoms. The van der Waals surface area contributed by atoms with Gasteiger partial charge in [-0.05, 0) is 131 Å². The molecule has 0 saturated carbocycles. The van der Waals surface area contributed by atoms with Crippen LogP contribution >= 0.6 is 22.7 Å². The predicted molar refractivity (Wildman–Crippen MR) is 177 cm³/mol. The molecule has 0 radical (unpaired) electrons. The van der Waals surface area contributed by atoms with Crippen LogP contribution < -0.4 is 9.80 Å². The molecule has 0 unspecified atom stereocenters. The molecule has 0 N–H and O–H groups in total. The Hall–Kier alpha value is -2.82. The minimum atomic E-state index is 1.04. The minimum Gasteiger partial charge on any atom is -0.372 e. The molecule has 0 fully saturated rings. The quantitative estimate of drug-likeness (QED) is 0.192. The van der Waals surface area contributed by atoms with Crippen molar-refractivity contribution in [2.45, 2.75) is 60.8 Å². The lowest BCUT2D eigenvalue weighted by molar-refractivity contribution is 0.866. The Morgan fingerprint density at radius 2 is 0.923 bits per heavy atom. The van der Waals surface area contributed by atoms with Crippen molar-refractivity contribution in [3.05, 3.63) is 81.5 Å². The van der Waals surface area contributed by atoms with Gasteiger partial charge in [0.2, 0.25) is 0 Å². The number of benzene rings is 2. The van der Waals surface area contributed by atoms with Crippen molar-refractivity contribution in [2.75, 3.05) is 36.0 Å². The molecule has 0 amide bonds. The third-order valence-electron chi connectivity index (χ3n) is 8.26. The first-order valence-electron chi connectivity index (χ1n) is 14.6. The van der Waals surface area contributed by atoms with Gasteiger partial charge in [-0.1, -0.05) is 24.3 Å². The molecular formula is C35H42N2S2. The van der Waals surface area contributed by atoms with Crippen LogP contribution in [0.4, 0.5) is 11.4 Å². The number of allylic oxidation sites excluding steroid dienone is 2. The van der Waals surface area contributed by atoms with Crippen LogP contribution in [-0.4, -0.2) is 26.2 Å². The summed E-state index contributed by atoms with van der Waals surface area (Å²) >= 11 is 3.88. The summed E-state index contributed by atoms with van der Waals surface area (Å²) in [5, 5.41) is 0. The minimum absolute atomic E-state index is 1.04. The molecule has 4 aromatic rings. The van der Waals surface area contributed by atoms with E-state index in [9.17, 15) is 0 Å². The summed E-state index contributed by atoms with van der Waals surface area (Å²) in [5.41, 5.74) is 11.3. The zero-order chi connectivity index (χ0) is 27.5. The summed E-state index contributed by atoms with van der Waals surface area (Å²) in [6.07, 6.45) is 3.60. The van der Waals surface area contributed by atoms with Crippen molar-refractivity contribution in [2.24, 2.45) is 0 Å². The monoisotopic (exact) mass is 554 g/mol. The third kappa shape index (κ3) is 5.60. The molecule has 0 aliphatic heterocycles. The molecule has 1 aliphatic rings. The second-order valence-corrected chi connectivity index (χ2v) is 12.9. The molecular weight excluding hydrogens is 513 g/mol. The Morgan fingerprint density at radius 1 is 0.564 bits per heavy atom. The van der Waals surface area contributed by atoms with Gasteiger partial charge in [0, 0.05) is 57.1 Å². The highest BCUT2D eigenvalue weighted by Gasteiger charge is 2.23. The Labute approximate surface area is 243 Å². The van der Waals surface area contributed by atoms with Crippen molar-refractivity contribution in [3.63, 3.8) is 0 Å². The molecule has 1 aliphatic carbocycles. The van der Waals surface area contributed by atoms with Crippen molar-refractivity contribution in [1.82, 2.24) is 0 Å². The molecule has 0 atom stereocenters. The Balaban J connectivity index is 1.44. The molecule has 4 heteroatoms. The molecule has 204 valence electrons. The Bertz CT molecular complexity index is 1320. The van der Waals surface area contributed by atoms with Gasteiger partial charge in [-0.2, -0.15) is 0 Å². The molecule has 0 spiro atoms. The summed E-state index contributed by atoms with van der Waals surface area (Å²) in [7, 11) is 0. The average molecular weight is 555 g/mol. The lowest BCUT2D eigenvalue weighted by Crippen LogP contribution is -2.21. The van der Waals surface area contributed by atoms with E-state index in [2.05, 4.69) is 112 Å². The normalized spacial score (nSPS) is 13.4. The molecule has 2 nitrogen and oxygen atoms in total. The number of rotatable bonds is 10. The highest BCUT2D eigenvalue weighted by molar-refractivity contribution is 7.16. The summed E-state index contributed by atoms with van der Waals surface area (Å²) in [5.74, 6) is 0. The van der Waals surface area contributed by atoms with E-state index in [-0.39, 0.29) is 0 Å². The lowest BCUT2D eigenvalue weighted by atomic mass is 9.96. The highest BCUT2D eigenvalue weighted by atomic mass is 32.1. The van der Waals surface area contributed by atoms with E-state index in [1.807, 2.05) is 22.7 Å². The maximum atomic E-state index is 2.46. The first-order valence-corrected chi connectivity index (χ1v) is 16.2. The van der Waals surface area contributed by atoms with Gasteiger partial charge in [-0.25, -0.2) is 0 Å². The van der Waals surface area contributed by atoms with E-state index >= 15 is 0 Å². The molecule has 2 aromatic carbocycles. The molecule has 2 heterocycles. The van der Waals surface area contributed by atoms with Gasteiger partial charge in [-0.3, -0.25) is 0 Å². The SMILES string of the molecule is CCN(CC)c1ccc(-c2cc(C3=C(c4cc(-c5ccc(N(CC)CC)cc5)sc4C)CCC3)c(C)s2)cc1. The second-order valence-electron chi connectivity index (χ2n) is 10.4. The van der Waals surface area contributed by atoms with E-state index in [0.29, 0.717) is 0 Å². The van der Waals surface area contributed by atoms with Crippen LogP contribution in [0, 0.1) is 13.8 Å². The van der Waals surface area contributed by atoms with Crippen LogP contribution in [0.3, 0.4) is 0 Å². The number of hydrogen-bond acceptors (Lipinski definition) is 4. The largest absolute Gasteiger partial charge is 0.372 e. The van der Waals surface area contributed by atoms with Crippen molar-refractivity contribution < 1.29 is 0 Å². The van der Waals surface area contributed by atoms with E-state index < -0.39 is 0 Å². The molecule has 0 bridgehead atoms. The fourth-order valence-corrected chi connectivity index (χ4v) is 8.14. The van der Waals surface area contributed by atoms with Gasteiger partial charge in [0.15, 0.2) is 0 Å².